The lowest BCUT2D eigenvalue weighted by atomic mass is 10.2. The molecule has 0 fully saturated rings. The minimum Gasteiger partial charge on any atom is -0.487 e. The molecule has 0 aliphatic rings. The molecule has 0 atom stereocenters. The zero-order valence-corrected chi connectivity index (χ0v) is 13.7. The molecule has 132 valence electrons. The van der Waals surface area contributed by atoms with E-state index in [1.165, 1.54) is 12.1 Å². The van der Waals surface area contributed by atoms with Gasteiger partial charge in [-0.2, -0.15) is 13.2 Å². The predicted octanol–water partition coefficient (Wildman–Crippen LogP) is 4.32. The van der Waals surface area contributed by atoms with E-state index < -0.39 is 19.3 Å². The van der Waals surface area contributed by atoms with Gasteiger partial charge in [-0.3, -0.25) is 0 Å². The first-order valence-corrected chi connectivity index (χ1v) is 7.78. The summed E-state index contributed by atoms with van der Waals surface area (Å²) in [6.45, 7) is -1.63. The molecule has 1 aromatic heterocycles. The fourth-order valence-electron chi connectivity index (χ4n) is 2.50. The van der Waals surface area contributed by atoms with Gasteiger partial charge < -0.3 is 14.4 Å². The number of halogens is 4. The van der Waals surface area contributed by atoms with Crippen LogP contribution in [0, 0.1) is 0 Å². The molecule has 0 amide bonds. The predicted molar refractivity (Wildman–Crippen MR) is 87.5 cm³/mol. The van der Waals surface area contributed by atoms with Gasteiger partial charge in [0, 0.05) is 6.07 Å². The van der Waals surface area contributed by atoms with Gasteiger partial charge in [0.25, 0.3) is 0 Å². The van der Waals surface area contributed by atoms with E-state index in [4.69, 9.17) is 16.3 Å². The van der Waals surface area contributed by atoms with E-state index in [9.17, 15) is 18.3 Å². The van der Waals surface area contributed by atoms with Gasteiger partial charge in [-0.05, 0) is 11.6 Å². The molecule has 25 heavy (non-hydrogen) atoms. The number of aliphatic hydroxyl groups is 1. The van der Waals surface area contributed by atoms with E-state index >= 15 is 0 Å². The number of imidazole rings is 1. The highest BCUT2D eigenvalue weighted by Crippen LogP contribution is 2.32. The second kappa shape index (κ2) is 6.93. The Labute approximate surface area is 146 Å². The topological polar surface area (TPSA) is 47.3 Å². The maximum absolute atomic E-state index is 12.8. The Kier molecular flexibility index (Phi) is 4.87. The molecule has 3 aromatic rings. The fraction of sp³-hybridized carbons (Fsp3) is 0.235. The van der Waals surface area contributed by atoms with Crippen molar-refractivity contribution >= 4 is 22.6 Å². The SMILES string of the molecule is OCc1nc2cc(Cl)c(OCc3ccccc3)cc2n1CC(F)(F)F. The summed E-state index contributed by atoms with van der Waals surface area (Å²) in [6.07, 6.45) is -4.44. The van der Waals surface area contributed by atoms with Crippen LogP contribution >= 0.6 is 11.6 Å². The van der Waals surface area contributed by atoms with Gasteiger partial charge in [0.1, 0.15) is 31.3 Å². The lowest BCUT2D eigenvalue weighted by Gasteiger charge is -2.12. The monoisotopic (exact) mass is 370 g/mol. The molecule has 0 saturated carbocycles. The minimum atomic E-state index is -4.44. The van der Waals surface area contributed by atoms with Crippen molar-refractivity contribution in [2.75, 3.05) is 0 Å². The number of benzene rings is 2. The summed E-state index contributed by atoms with van der Waals surface area (Å²) in [5.41, 5.74) is 1.37. The van der Waals surface area contributed by atoms with Crippen LogP contribution in [0.3, 0.4) is 0 Å². The van der Waals surface area contributed by atoms with Crippen LogP contribution in [-0.4, -0.2) is 20.8 Å². The van der Waals surface area contributed by atoms with Gasteiger partial charge in [0.05, 0.1) is 16.1 Å². The zero-order chi connectivity index (χ0) is 18.0. The quantitative estimate of drug-likeness (QED) is 0.727. The van der Waals surface area contributed by atoms with Crippen molar-refractivity contribution in [2.45, 2.75) is 25.9 Å². The van der Waals surface area contributed by atoms with Crippen molar-refractivity contribution in [1.29, 1.82) is 0 Å². The first kappa shape index (κ1) is 17.6. The van der Waals surface area contributed by atoms with E-state index in [1.54, 1.807) is 0 Å². The van der Waals surface area contributed by atoms with E-state index in [-0.39, 0.29) is 34.2 Å². The Balaban J connectivity index is 1.97. The van der Waals surface area contributed by atoms with Crippen molar-refractivity contribution in [3.63, 3.8) is 0 Å². The number of aromatic nitrogens is 2. The summed E-state index contributed by atoms with van der Waals surface area (Å²) in [4.78, 5) is 4.01. The molecule has 1 N–H and O–H groups in total. The third kappa shape index (κ3) is 4.05. The standard InChI is InChI=1S/C17H14ClF3N2O2/c18-12-6-13-14(23(10-17(19,20)21)16(8-24)22-13)7-15(12)25-9-11-4-2-1-3-5-11/h1-7,24H,8-10H2. The van der Waals surface area contributed by atoms with Crippen molar-refractivity contribution < 1.29 is 23.0 Å². The molecule has 1 heterocycles. The summed E-state index contributed by atoms with van der Waals surface area (Å²) in [5.74, 6) is 0.175. The number of nitrogens with zero attached hydrogens (tertiary/aromatic N) is 2. The van der Waals surface area contributed by atoms with Gasteiger partial charge in [-0.15, -0.1) is 0 Å². The second-order valence-electron chi connectivity index (χ2n) is 5.43. The molecule has 8 heteroatoms. The van der Waals surface area contributed by atoms with Gasteiger partial charge >= 0.3 is 6.18 Å². The van der Waals surface area contributed by atoms with Crippen LogP contribution in [0.1, 0.15) is 11.4 Å². The number of ether oxygens (including phenoxy) is 1. The Morgan fingerprint density at radius 1 is 1.16 bits per heavy atom. The number of rotatable bonds is 5. The van der Waals surface area contributed by atoms with E-state index in [0.717, 1.165) is 10.1 Å². The zero-order valence-electron chi connectivity index (χ0n) is 12.9. The van der Waals surface area contributed by atoms with Crippen LogP contribution in [0.2, 0.25) is 5.02 Å². The molecule has 0 radical (unpaired) electrons. The highest BCUT2D eigenvalue weighted by molar-refractivity contribution is 6.32. The van der Waals surface area contributed by atoms with Crippen LogP contribution in [0.25, 0.3) is 11.0 Å². The number of hydrogen-bond acceptors (Lipinski definition) is 3. The Morgan fingerprint density at radius 2 is 1.88 bits per heavy atom. The summed E-state index contributed by atoms with van der Waals surface area (Å²) < 4.78 is 45.0. The fourth-order valence-corrected chi connectivity index (χ4v) is 2.71. The molecule has 0 aliphatic carbocycles. The van der Waals surface area contributed by atoms with Crippen molar-refractivity contribution in [2.24, 2.45) is 0 Å². The normalized spacial score (nSPS) is 11.9. The number of hydrogen-bond donors (Lipinski definition) is 1. The van der Waals surface area contributed by atoms with Crippen LogP contribution in [0.5, 0.6) is 5.75 Å². The smallest absolute Gasteiger partial charge is 0.406 e. The molecule has 3 rings (SSSR count). The Hall–Kier alpha value is -2.25. The molecule has 0 aliphatic heterocycles. The minimum absolute atomic E-state index is 0.0800. The molecule has 2 aromatic carbocycles. The molecule has 0 spiro atoms. The molecule has 0 bridgehead atoms. The molecule has 0 unspecified atom stereocenters. The van der Waals surface area contributed by atoms with Gasteiger partial charge in [0.15, 0.2) is 0 Å². The maximum Gasteiger partial charge on any atom is 0.406 e. The maximum atomic E-state index is 12.8. The van der Waals surface area contributed by atoms with Crippen molar-refractivity contribution in [1.82, 2.24) is 9.55 Å². The molecular weight excluding hydrogens is 357 g/mol. The summed E-state index contributed by atoms with van der Waals surface area (Å²) in [6, 6.07) is 12.2. The second-order valence-corrected chi connectivity index (χ2v) is 5.84. The lowest BCUT2D eigenvalue weighted by molar-refractivity contribution is -0.140. The highest BCUT2D eigenvalue weighted by Gasteiger charge is 2.30. The van der Waals surface area contributed by atoms with Gasteiger partial charge in [0.2, 0.25) is 0 Å². The largest absolute Gasteiger partial charge is 0.487 e. The van der Waals surface area contributed by atoms with Gasteiger partial charge in [-0.25, -0.2) is 4.98 Å². The average molecular weight is 371 g/mol. The number of fused-ring (bicyclic) bond motifs is 1. The summed E-state index contributed by atoms with van der Waals surface area (Å²) in [5, 5.41) is 9.53. The van der Waals surface area contributed by atoms with E-state index in [2.05, 4.69) is 4.98 Å². The van der Waals surface area contributed by atoms with Crippen LogP contribution in [-0.2, 0) is 19.8 Å². The van der Waals surface area contributed by atoms with E-state index in [0.29, 0.717) is 0 Å². The molecule has 4 nitrogen and oxygen atoms in total. The summed E-state index contributed by atoms with van der Waals surface area (Å²) >= 11 is 6.15. The van der Waals surface area contributed by atoms with Crippen molar-refractivity contribution in [3.05, 3.63) is 58.9 Å². The number of aliphatic hydroxyl groups excluding tert-OH is 1. The van der Waals surface area contributed by atoms with Crippen LogP contribution in [0.15, 0.2) is 42.5 Å². The first-order chi connectivity index (χ1) is 11.9. The van der Waals surface area contributed by atoms with Crippen LogP contribution in [0.4, 0.5) is 13.2 Å². The van der Waals surface area contributed by atoms with Crippen LogP contribution < -0.4 is 4.74 Å². The average Bonchev–Trinajstić information content (AvgIpc) is 2.88. The highest BCUT2D eigenvalue weighted by atomic mass is 35.5. The summed E-state index contributed by atoms with van der Waals surface area (Å²) in [7, 11) is 0. The molecular formula is C17H14ClF3N2O2. The Bertz CT molecular complexity index is 879. The lowest BCUT2D eigenvalue weighted by Crippen LogP contribution is -2.19. The Morgan fingerprint density at radius 3 is 2.52 bits per heavy atom. The first-order valence-electron chi connectivity index (χ1n) is 7.40. The third-order valence-corrected chi connectivity index (χ3v) is 3.89. The van der Waals surface area contributed by atoms with Gasteiger partial charge in [-0.1, -0.05) is 41.9 Å². The number of alkyl halides is 3. The molecule has 0 saturated heterocycles. The third-order valence-electron chi connectivity index (χ3n) is 3.60. The van der Waals surface area contributed by atoms with Crippen molar-refractivity contribution in [3.8, 4) is 5.75 Å². The van der Waals surface area contributed by atoms with E-state index in [1.807, 2.05) is 30.3 Å².